The molecule has 0 spiro atoms. The maximum absolute atomic E-state index is 3.54. The van der Waals surface area contributed by atoms with E-state index in [1.807, 2.05) is 0 Å². The fourth-order valence-corrected chi connectivity index (χ4v) is 3.05. The fourth-order valence-electron chi connectivity index (χ4n) is 2.29. The average molecular weight is 401 g/mol. The number of aryl methyl sites for hydroxylation is 3. The van der Waals surface area contributed by atoms with E-state index in [2.05, 4.69) is 89.6 Å². The minimum atomic E-state index is 1.16. The minimum absolute atomic E-state index is 1.16. The molecule has 0 heterocycles. The monoisotopic (exact) mass is 400 g/mol. The maximum atomic E-state index is 3.54. The molecule has 0 nitrogen and oxygen atoms in total. The Kier molecular flexibility index (Phi) is 3.93. The van der Waals surface area contributed by atoms with Crippen LogP contribution in [-0.4, -0.2) is 0 Å². The summed E-state index contributed by atoms with van der Waals surface area (Å²) in [4.78, 5) is 0. The molecule has 2 rings (SSSR count). The van der Waals surface area contributed by atoms with Gasteiger partial charge in [0.05, 0.1) is 0 Å². The highest BCUT2D eigenvalue weighted by atomic mass is 127. The molecule has 0 bridgehead atoms. The van der Waals surface area contributed by atoms with Crippen molar-refractivity contribution in [2.24, 2.45) is 0 Å². The van der Waals surface area contributed by atoms with Crippen molar-refractivity contribution in [2.75, 3.05) is 0 Å². The van der Waals surface area contributed by atoms with E-state index < -0.39 is 0 Å². The molecule has 88 valence electrons. The van der Waals surface area contributed by atoms with Gasteiger partial charge in [-0.3, -0.25) is 0 Å². The van der Waals surface area contributed by atoms with Gasteiger partial charge in [0.2, 0.25) is 0 Å². The Balaban J connectivity index is 2.64. The molecule has 0 atom stereocenters. The summed E-state index contributed by atoms with van der Waals surface area (Å²) in [6.45, 7) is 6.52. The Morgan fingerprint density at radius 1 is 0.941 bits per heavy atom. The van der Waals surface area contributed by atoms with Crippen LogP contribution in [0.4, 0.5) is 0 Å². The Labute approximate surface area is 125 Å². The first-order valence-corrected chi connectivity index (χ1v) is 7.39. The molecule has 0 unspecified atom stereocenters. The van der Waals surface area contributed by atoms with E-state index in [1.54, 1.807) is 0 Å². The lowest BCUT2D eigenvalue weighted by molar-refractivity contribution is 1.32. The summed E-state index contributed by atoms with van der Waals surface area (Å²) >= 11 is 5.90. The first-order chi connectivity index (χ1) is 7.99. The third-order valence-electron chi connectivity index (χ3n) is 2.89. The first-order valence-electron chi connectivity index (χ1n) is 5.52. The van der Waals surface area contributed by atoms with Crippen molar-refractivity contribution < 1.29 is 0 Å². The lowest BCUT2D eigenvalue weighted by Gasteiger charge is -2.12. The Morgan fingerprint density at radius 3 is 2.06 bits per heavy atom. The summed E-state index contributed by atoms with van der Waals surface area (Å²) in [5.41, 5.74) is 6.69. The third-order valence-corrected chi connectivity index (χ3v) is 5.21. The fraction of sp³-hybridized carbons (Fsp3) is 0.200. The largest absolute Gasteiger partial charge is 0.0557 e. The second-order valence-corrected chi connectivity index (χ2v) is 6.42. The quantitative estimate of drug-likeness (QED) is 0.543. The van der Waals surface area contributed by atoms with E-state index in [-0.39, 0.29) is 0 Å². The highest BCUT2D eigenvalue weighted by Gasteiger charge is 2.08. The Morgan fingerprint density at radius 2 is 1.53 bits per heavy atom. The molecular weight excluding hydrogens is 387 g/mol. The van der Waals surface area contributed by atoms with E-state index in [0.717, 1.165) is 4.47 Å². The third kappa shape index (κ3) is 2.74. The summed E-state index contributed by atoms with van der Waals surface area (Å²) in [5, 5.41) is 0. The van der Waals surface area contributed by atoms with E-state index in [1.165, 1.54) is 31.4 Å². The zero-order valence-corrected chi connectivity index (χ0v) is 13.9. The molecule has 0 aliphatic carbocycles. The summed E-state index contributed by atoms with van der Waals surface area (Å²) in [5.74, 6) is 0. The molecule has 2 aromatic carbocycles. The second kappa shape index (κ2) is 5.11. The van der Waals surface area contributed by atoms with Gasteiger partial charge in [0.1, 0.15) is 0 Å². The number of hydrogen-bond donors (Lipinski definition) is 0. The van der Waals surface area contributed by atoms with Gasteiger partial charge in [-0.15, -0.1) is 0 Å². The SMILES string of the molecule is Cc1cc(C)c(-c2ccc(Br)c(I)c2)c(C)c1. The van der Waals surface area contributed by atoms with Crippen LogP contribution in [0.3, 0.4) is 0 Å². The molecule has 0 aliphatic rings. The summed E-state index contributed by atoms with van der Waals surface area (Å²) in [6.07, 6.45) is 0. The zero-order valence-electron chi connectivity index (χ0n) is 10.1. The first kappa shape index (κ1) is 13.1. The molecule has 0 aliphatic heterocycles. The van der Waals surface area contributed by atoms with Gasteiger partial charge >= 0.3 is 0 Å². The summed E-state index contributed by atoms with van der Waals surface area (Å²) < 4.78 is 2.41. The van der Waals surface area contributed by atoms with Gasteiger partial charge in [0.25, 0.3) is 0 Å². The molecule has 2 aromatic rings. The summed E-state index contributed by atoms with van der Waals surface area (Å²) in [6, 6.07) is 11.0. The summed E-state index contributed by atoms with van der Waals surface area (Å²) in [7, 11) is 0. The van der Waals surface area contributed by atoms with Crippen LogP contribution in [-0.2, 0) is 0 Å². The number of rotatable bonds is 1. The number of benzene rings is 2. The number of hydrogen-bond acceptors (Lipinski definition) is 0. The molecule has 0 aromatic heterocycles. The standard InChI is InChI=1S/C15H14BrI/c1-9-6-10(2)15(11(3)7-9)12-4-5-13(16)14(17)8-12/h4-8H,1-3H3. The molecular formula is C15H14BrI. The van der Waals surface area contributed by atoms with Crippen molar-refractivity contribution >= 4 is 38.5 Å². The van der Waals surface area contributed by atoms with E-state index in [0.29, 0.717) is 0 Å². The topological polar surface area (TPSA) is 0 Å². The van der Waals surface area contributed by atoms with Gasteiger partial charge in [-0.1, -0.05) is 23.8 Å². The van der Waals surface area contributed by atoms with E-state index in [4.69, 9.17) is 0 Å². The van der Waals surface area contributed by atoms with Crippen LogP contribution >= 0.6 is 38.5 Å². The van der Waals surface area contributed by atoms with Crippen molar-refractivity contribution in [3.63, 3.8) is 0 Å². The van der Waals surface area contributed by atoms with Crippen molar-refractivity contribution in [1.29, 1.82) is 0 Å². The Bertz CT molecular complexity index is 550. The second-order valence-electron chi connectivity index (χ2n) is 4.40. The molecule has 0 fully saturated rings. The normalized spacial score (nSPS) is 10.6. The van der Waals surface area contributed by atoms with Crippen LogP contribution in [0.5, 0.6) is 0 Å². The van der Waals surface area contributed by atoms with Gasteiger partial charge in [-0.05, 0) is 93.7 Å². The molecule has 0 amide bonds. The van der Waals surface area contributed by atoms with Gasteiger partial charge < -0.3 is 0 Å². The van der Waals surface area contributed by atoms with Crippen LogP contribution < -0.4 is 0 Å². The predicted octanol–water partition coefficient (Wildman–Crippen LogP) is 5.65. The zero-order chi connectivity index (χ0) is 12.6. The highest BCUT2D eigenvalue weighted by Crippen LogP contribution is 2.31. The predicted molar refractivity (Wildman–Crippen MR) is 86.5 cm³/mol. The minimum Gasteiger partial charge on any atom is -0.0557 e. The van der Waals surface area contributed by atoms with Crippen LogP contribution in [0, 0.1) is 24.3 Å². The van der Waals surface area contributed by atoms with Crippen LogP contribution in [0.1, 0.15) is 16.7 Å². The molecule has 0 N–H and O–H groups in total. The molecule has 0 saturated heterocycles. The van der Waals surface area contributed by atoms with E-state index in [9.17, 15) is 0 Å². The van der Waals surface area contributed by atoms with Crippen molar-refractivity contribution in [2.45, 2.75) is 20.8 Å². The lowest BCUT2D eigenvalue weighted by atomic mass is 9.94. The Hall–Kier alpha value is -0.350. The maximum Gasteiger partial charge on any atom is 0.0309 e. The molecule has 0 saturated carbocycles. The molecule has 2 heteroatoms. The number of halogens is 2. The van der Waals surface area contributed by atoms with Gasteiger partial charge in [-0.2, -0.15) is 0 Å². The molecule has 0 radical (unpaired) electrons. The van der Waals surface area contributed by atoms with Gasteiger partial charge in [-0.25, -0.2) is 0 Å². The van der Waals surface area contributed by atoms with Crippen molar-refractivity contribution in [3.8, 4) is 11.1 Å². The van der Waals surface area contributed by atoms with Gasteiger partial charge in [0.15, 0.2) is 0 Å². The van der Waals surface area contributed by atoms with Gasteiger partial charge in [0, 0.05) is 8.04 Å². The van der Waals surface area contributed by atoms with Crippen molar-refractivity contribution in [1.82, 2.24) is 0 Å². The lowest BCUT2D eigenvalue weighted by Crippen LogP contribution is -1.90. The van der Waals surface area contributed by atoms with E-state index >= 15 is 0 Å². The van der Waals surface area contributed by atoms with Crippen molar-refractivity contribution in [3.05, 3.63) is 55.1 Å². The average Bonchev–Trinajstić information content (AvgIpc) is 2.21. The smallest absolute Gasteiger partial charge is 0.0309 e. The highest BCUT2D eigenvalue weighted by molar-refractivity contribution is 14.1. The van der Waals surface area contributed by atoms with Crippen LogP contribution in [0.25, 0.3) is 11.1 Å². The van der Waals surface area contributed by atoms with Crippen LogP contribution in [0.2, 0.25) is 0 Å². The molecule has 17 heavy (non-hydrogen) atoms. The van der Waals surface area contributed by atoms with Crippen LogP contribution in [0.15, 0.2) is 34.8 Å².